The van der Waals surface area contributed by atoms with Gasteiger partial charge in [-0.15, -0.1) is 0 Å². The lowest BCUT2D eigenvalue weighted by atomic mass is 10.2. The smallest absolute Gasteiger partial charge is 0.352 e. The van der Waals surface area contributed by atoms with Crippen LogP contribution in [0.2, 0.25) is 0 Å². The van der Waals surface area contributed by atoms with Gasteiger partial charge in [0.2, 0.25) is 0 Å². The summed E-state index contributed by atoms with van der Waals surface area (Å²) in [6.07, 6.45) is 0. The third-order valence-corrected chi connectivity index (χ3v) is 2.53. The molecular formula is C9H5BrFNO2. The van der Waals surface area contributed by atoms with Gasteiger partial charge in [-0.05, 0) is 34.1 Å². The average molecular weight is 258 g/mol. The van der Waals surface area contributed by atoms with Crippen LogP contribution in [0.3, 0.4) is 0 Å². The van der Waals surface area contributed by atoms with E-state index < -0.39 is 11.8 Å². The van der Waals surface area contributed by atoms with E-state index in [1.807, 2.05) is 0 Å². The Kier molecular flexibility index (Phi) is 2.03. The highest BCUT2D eigenvalue weighted by atomic mass is 79.9. The van der Waals surface area contributed by atoms with Gasteiger partial charge in [-0.1, -0.05) is 0 Å². The van der Waals surface area contributed by atoms with Gasteiger partial charge in [-0.2, -0.15) is 0 Å². The fourth-order valence-corrected chi connectivity index (χ4v) is 1.60. The number of aromatic carboxylic acids is 1. The van der Waals surface area contributed by atoms with Crippen LogP contribution in [0, 0.1) is 5.82 Å². The number of carboxylic acid groups (broad SMARTS) is 1. The minimum absolute atomic E-state index is 0.0167. The highest BCUT2D eigenvalue weighted by Gasteiger charge is 2.11. The maximum absolute atomic E-state index is 13.4. The first-order chi connectivity index (χ1) is 6.59. The number of fused-ring (bicyclic) bond motifs is 1. The molecule has 0 bridgehead atoms. The molecule has 14 heavy (non-hydrogen) atoms. The van der Waals surface area contributed by atoms with Gasteiger partial charge in [0.15, 0.2) is 0 Å². The van der Waals surface area contributed by atoms with Crippen LogP contribution in [0.25, 0.3) is 10.9 Å². The molecule has 0 aliphatic carbocycles. The molecular weight excluding hydrogens is 253 g/mol. The van der Waals surface area contributed by atoms with E-state index in [-0.39, 0.29) is 11.1 Å². The molecule has 0 saturated heterocycles. The van der Waals surface area contributed by atoms with Gasteiger partial charge in [-0.25, -0.2) is 9.18 Å². The molecule has 1 aromatic heterocycles. The molecule has 0 spiro atoms. The fourth-order valence-electron chi connectivity index (χ4n) is 1.26. The summed E-state index contributed by atoms with van der Waals surface area (Å²) >= 11 is 3.03. The van der Waals surface area contributed by atoms with E-state index in [2.05, 4.69) is 20.9 Å². The first-order valence-electron chi connectivity index (χ1n) is 3.79. The van der Waals surface area contributed by atoms with Crippen molar-refractivity contribution in [2.24, 2.45) is 0 Å². The SMILES string of the molecule is O=C(O)c1cc2c(F)c(Br)ccc2[nH]1. The molecule has 0 saturated carbocycles. The third-order valence-electron chi connectivity index (χ3n) is 1.92. The Hall–Kier alpha value is -1.36. The van der Waals surface area contributed by atoms with Gasteiger partial charge < -0.3 is 10.1 Å². The van der Waals surface area contributed by atoms with Crippen molar-refractivity contribution in [3.8, 4) is 0 Å². The Balaban J connectivity index is 2.77. The third kappa shape index (κ3) is 1.29. The lowest BCUT2D eigenvalue weighted by molar-refractivity contribution is 0.0691. The number of aromatic amines is 1. The van der Waals surface area contributed by atoms with Gasteiger partial charge in [0.05, 0.1) is 4.47 Å². The monoisotopic (exact) mass is 257 g/mol. The minimum atomic E-state index is -1.10. The van der Waals surface area contributed by atoms with Crippen molar-refractivity contribution < 1.29 is 14.3 Å². The molecule has 2 aromatic rings. The number of hydrogen-bond donors (Lipinski definition) is 2. The fraction of sp³-hybridized carbons (Fsp3) is 0. The van der Waals surface area contributed by atoms with Crippen molar-refractivity contribution in [3.05, 3.63) is 34.2 Å². The number of benzene rings is 1. The Bertz CT molecular complexity index is 521. The molecule has 5 heteroatoms. The van der Waals surface area contributed by atoms with Crippen LogP contribution >= 0.6 is 15.9 Å². The second-order valence-corrected chi connectivity index (χ2v) is 3.67. The number of carboxylic acids is 1. The zero-order chi connectivity index (χ0) is 10.3. The molecule has 0 aliphatic rings. The summed E-state index contributed by atoms with van der Waals surface area (Å²) in [6, 6.07) is 4.42. The molecule has 0 amide bonds. The second kappa shape index (κ2) is 3.09. The van der Waals surface area contributed by atoms with E-state index in [1.165, 1.54) is 12.1 Å². The quantitative estimate of drug-likeness (QED) is 0.826. The van der Waals surface area contributed by atoms with E-state index in [0.717, 1.165) is 0 Å². The van der Waals surface area contributed by atoms with Crippen LogP contribution in [0.4, 0.5) is 4.39 Å². The number of carbonyl (C=O) groups is 1. The number of H-pyrrole nitrogens is 1. The van der Waals surface area contributed by atoms with Gasteiger partial charge in [0.1, 0.15) is 11.5 Å². The van der Waals surface area contributed by atoms with E-state index in [1.54, 1.807) is 6.07 Å². The van der Waals surface area contributed by atoms with Crippen molar-refractivity contribution in [2.45, 2.75) is 0 Å². The molecule has 2 N–H and O–H groups in total. The van der Waals surface area contributed by atoms with E-state index in [9.17, 15) is 9.18 Å². The van der Waals surface area contributed by atoms with Crippen molar-refractivity contribution in [1.29, 1.82) is 0 Å². The first-order valence-corrected chi connectivity index (χ1v) is 4.59. The summed E-state index contributed by atoms with van der Waals surface area (Å²) in [6.45, 7) is 0. The number of hydrogen-bond acceptors (Lipinski definition) is 1. The first kappa shape index (κ1) is 9.21. The van der Waals surface area contributed by atoms with E-state index in [4.69, 9.17) is 5.11 Å². The number of nitrogens with one attached hydrogen (secondary N) is 1. The molecule has 0 atom stereocenters. The maximum atomic E-state index is 13.4. The molecule has 0 radical (unpaired) electrons. The number of rotatable bonds is 1. The van der Waals surface area contributed by atoms with Crippen molar-refractivity contribution >= 4 is 32.8 Å². The molecule has 0 fully saturated rings. The van der Waals surface area contributed by atoms with Crippen molar-refractivity contribution in [3.63, 3.8) is 0 Å². The second-order valence-electron chi connectivity index (χ2n) is 2.81. The zero-order valence-corrected chi connectivity index (χ0v) is 8.43. The van der Waals surface area contributed by atoms with Gasteiger partial charge in [0, 0.05) is 10.9 Å². The van der Waals surface area contributed by atoms with Crippen molar-refractivity contribution in [2.75, 3.05) is 0 Å². The average Bonchev–Trinajstić information content (AvgIpc) is 2.56. The number of aromatic nitrogens is 1. The Morgan fingerprint density at radius 2 is 2.21 bits per heavy atom. The molecule has 1 aromatic carbocycles. The summed E-state index contributed by atoms with van der Waals surface area (Å²) < 4.78 is 13.7. The van der Waals surface area contributed by atoms with Crippen molar-refractivity contribution in [1.82, 2.24) is 4.98 Å². The van der Waals surface area contributed by atoms with Crippen LogP contribution in [-0.2, 0) is 0 Å². The highest BCUT2D eigenvalue weighted by Crippen LogP contribution is 2.25. The summed E-state index contributed by atoms with van der Waals surface area (Å²) in [4.78, 5) is 13.2. The summed E-state index contributed by atoms with van der Waals surface area (Å²) in [5, 5.41) is 8.96. The lowest BCUT2D eigenvalue weighted by Crippen LogP contribution is -1.94. The van der Waals surface area contributed by atoms with E-state index >= 15 is 0 Å². The molecule has 1 heterocycles. The summed E-state index contributed by atoms with van der Waals surface area (Å²) in [5.41, 5.74) is 0.458. The topological polar surface area (TPSA) is 53.1 Å². The number of halogens is 2. The molecule has 0 aliphatic heterocycles. The largest absolute Gasteiger partial charge is 0.477 e. The zero-order valence-electron chi connectivity index (χ0n) is 6.84. The van der Waals surface area contributed by atoms with Crippen LogP contribution < -0.4 is 0 Å². The predicted molar refractivity (Wildman–Crippen MR) is 52.9 cm³/mol. The Morgan fingerprint density at radius 1 is 1.50 bits per heavy atom. The van der Waals surface area contributed by atoms with Crippen LogP contribution in [0.15, 0.2) is 22.7 Å². The standard InChI is InChI=1S/C9H5BrFNO2/c10-5-1-2-6-4(8(5)11)3-7(12-6)9(13)14/h1-3,12H,(H,13,14). The molecule has 2 rings (SSSR count). The summed E-state index contributed by atoms with van der Waals surface area (Å²) in [7, 11) is 0. The molecule has 3 nitrogen and oxygen atoms in total. The predicted octanol–water partition coefficient (Wildman–Crippen LogP) is 2.77. The Morgan fingerprint density at radius 3 is 2.86 bits per heavy atom. The van der Waals surface area contributed by atoms with E-state index in [0.29, 0.717) is 9.99 Å². The van der Waals surface area contributed by atoms with Gasteiger partial charge >= 0.3 is 5.97 Å². The molecule has 72 valence electrons. The van der Waals surface area contributed by atoms with Gasteiger partial charge in [-0.3, -0.25) is 0 Å². The van der Waals surface area contributed by atoms with Crippen LogP contribution in [0.5, 0.6) is 0 Å². The maximum Gasteiger partial charge on any atom is 0.352 e. The van der Waals surface area contributed by atoms with Gasteiger partial charge in [0.25, 0.3) is 0 Å². The van der Waals surface area contributed by atoms with Crippen LogP contribution in [-0.4, -0.2) is 16.1 Å². The lowest BCUT2D eigenvalue weighted by Gasteiger charge is -1.94. The summed E-state index contributed by atoms with van der Waals surface area (Å²) in [5.74, 6) is -1.55. The highest BCUT2D eigenvalue weighted by molar-refractivity contribution is 9.10. The minimum Gasteiger partial charge on any atom is -0.477 e. The Labute approximate surface area is 86.7 Å². The molecule has 0 unspecified atom stereocenters. The van der Waals surface area contributed by atoms with Crippen LogP contribution in [0.1, 0.15) is 10.5 Å². The normalized spacial score (nSPS) is 10.7.